The smallest absolute Gasteiger partial charge is 0.244 e. The molecule has 0 aliphatic rings. The standard InChI is InChI=1S/C16H17NO3/c18-14(15-7-4-12-20-15)10-11-17-16(19)9-8-13-5-2-1-3-6-13/h1-9,12,14,18H,10-11H2,(H,17,19). The van der Waals surface area contributed by atoms with Crippen molar-refractivity contribution in [2.75, 3.05) is 6.54 Å². The lowest BCUT2D eigenvalue weighted by molar-refractivity contribution is -0.116. The molecule has 0 spiro atoms. The Balaban J connectivity index is 1.72. The topological polar surface area (TPSA) is 62.5 Å². The molecular formula is C16H17NO3. The van der Waals surface area contributed by atoms with E-state index in [0.29, 0.717) is 18.7 Å². The van der Waals surface area contributed by atoms with Crippen molar-refractivity contribution in [3.63, 3.8) is 0 Å². The molecule has 1 heterocycles. The Morgan fingerprint density at radius 1 is 1.25 bits per heavy atom. The summed E-state index contributed by atoms with van der Waals surface area (Å²) in [4.78, 5) is 11.6. The molecule has 0 radical (unpaired) electrons. The fourth-order valence-electron chi connectivity index (χ4n) is 1.75. The minimum absolute atomic E-state index is 0.180. The van der Waals surface area contributed by atoms with Crippen LogP contribution in [-0.2, 0) is 4.79 Å². The van der Waals surface area contributed by atoms with Crippen LogP contribution < -0.4 is 5.32 Å². The van der Waals surface area contributed by atoms with Gasteiger partial charge in [0.15, 0.2) is 0 Å². The van der Waals surface area contributed by atoms with E-state index in [1.807, 2.05) is 30.3 Å². The average Bonchev–Trinajstić information content (AvgIpc) is 3.00. The van der Waals surface area contributed by atoms with Crippen LogP contribution in [0.1, 0.15) is 23.8 Å². The molecule has 1 aromatic carbocycles. The first-order valence-electron chi connectivity index (χ1n) is 6.48. The third-order valence-corrected chi connectivity index (χ3v) is 2.82. The Morgan fingerprint density at radius 2 is 2.05 bits per heavy atom. The molecule has 1 amide bonds. The number of amides is 1. The Labute approximate surface area is 117 Å². The number of hydrogen-bond donors (Lipinski definition) is 2. The molecular weight excluding hydrogens is 254 g/mol. The summed E-state index contributed by atoms with van der Waals surface area (Å²) < 4.78 is 5.08. The van der Waals surface area contributed by atoms with Crippen molar-refractivity contribution in [1.29, 1.82) is 0 Å². The number of carbonyl (C=O) groups is 1. The summed E-state index contributed by atoms with van der Waals surface area (Å²) in [6, 6.07) is 13.0. The second-order valence-electron chi connectivity index (χ2n) is 4.35. The number of benzene rings is 1. The molecule has 0 saturated heterocycles. The van der Waals surface area contributed by atoms with Gasteiger partial charge in [0.2, 0.25) is 5.91 Å². The van der Waals surface area contributed by atoms with Crippen LogP contribution in [0.5, 0.6) is 0 Å². The first-order chi connectivity index (χ1) is 9.75. The van der Waals surface area contributed by atoms with E-state index in [-0.39, 0.29) is 5.91 Å². The highest BCUT2D eigenvalue weighted by Crippen LogP contribution is 2.15. The van der Waals surface area contributed by atoms with Gasteiger partial charge in [-0.2, -0.15) is 0 Å². The van der Waals surface area contributed by atoms with E-state index in [2.05, 4.69) is 5.32 Å². The zero-order valence-corrected chi connectivity index (χ0v) is 11.0. The quantitative estimate of drug-likeness (QED) is 0.794. The van der Waals surface area contributed by atoms with Gasteiger partial charge in [-0.05, 0) is 30.2 Å². The molecule has 0 fully saturated rings. The van der Waals surface area contributed by atoms with E-state index in [4.69, 9.17) is 4.42 Å². The maximum absolute atomic E-state index is 11.6. The Bertz CT molecular complexity index is 546. The number of furan rings is 1. The van der Waals surface area contributed by atoms with E-state index in [1.165, 1.54) is 12.3 Å². The molecule has 1 atom stereocenters. The summed E-state index contributed by atoms with van der Waals surface area (Å²) >= 11 is 0. The summed E-state index contributed by atoms with van der Waals surface area (Å²) in [5.41, 5.74) is 0.971. The molecule has 20 heavy (non-hydrogen) atoms. The van der Waals surface area contributed by atoms with Crippen molar-refractivity contribution in [3.05, 3.63) is 66.1 Å². The fourth-order valence-corrected chi connectivity index (χ4v) is 1.75. The van der Waals surface area contributed by atoms with Crippen molar-refractivity contribution < 1.29 is 14.3 Å². The van der Waals surface area contributed by atoms with Crippen LogP contribution in [0.25, 0.3) is 6.08 Å². The molecule has 2 rings (SSSR count). The Hall–Kier alpha value is -2.33. The first-order valence-corrected chi connectivity index (χ1v) is 6.48. The molecule has 2 N–H and O–H groups in total. The van der Waals surface area contributed by atoms with E-state index < -0.39 is 6.10 Å². The van der Waals surface area contributed by atoms with Gasteiger partial charge in [-0.25, -0.2) is 0 Å². The number of carbonyl (C=O) groups excluding carboxylic acids is 1. The third-order valence-electron chi connectivity index (χ3n) is 2.82. The maximum atomic E-state index is 11.6. The van der Waals surface area contributed by atoms with Crippen LogP contribution in [0.15, 0.2) is 59.2 Å². The lowest BCUT2D eigenvalue weighted by Crippen LogP contribution is -2.23. The van der Waals surface area contributed by atoms with E-state index in [9.17, 15) is 9.90 Å². The van der Waals surface area contributed by atoms with Crippen LogP contribution >= 0.6 is 0 Å². The average molecular weight is 271 g/mol. The molecule has 104 valence electrons. The van der Waals surface area contributed by atoms with E-state index >= 15 is 0 Å². The summed E-state index contributed by atoms with van der Waals surface area (Å²) in [6.45, 7) is 0.389. The summed E-state index contributed by atoms with van der Waals surface area (Å²) in [7, 11) is 0. The zero-order valence-electron chi connectivity index (χ0n) is 11.0. The lowest BCUT2D eigenvalue weighted by Gasteiger charge is -2.07. The molecule has 0 aliphatic heterocycles. The Morgan fingerprint density at radius 3 is 2.75 bits per heavy atom. The highest BCUT2D eigenvalue weighted by atomic mass is 16.4. The van der Waals surface area contributed by atoms with Crippen LogP contribution in [0, 0.1) is 0 Å². The largest absolute Gasteiger partial charge is 0.467 e. The molecule has 0 saturated carbocycles. The fraction of sp³-hybridized carbons (Fsp3) is 0.188. The minimum Gasteiger partial charge on any atom is -0.467 e. The van der Waals surface area contributed by atoms with E-state index in [1.54, 1.807) is 18.2 Å². The van der Waals surface area contributed by atoms with Gasteiger partial charge in [-0.3, -0.25) is 4.79 Å². The monoisotopic (exact) mass is 271 g/mol. The summed E-state index contributed by atoms with van der Waals surface area (Å²) in [6.07, 6.45) is 4.47. The molecule has 4 heteroatoms. The molecule has 1 unspecified atom stereocenters. The van der Waals surface area contributed by atoms with Gasteiger partial charge in [0.1, 0.15) is 11.9 Å². The van der Waals surface area contributed by atoms with Crippen molar-refractivity contribution in [2.24, 2.45) is 0 Å². The number of aliphatic hydroxyl groups excluding tert-OH is 1. The molecule has 0 bridgehead atoms. The SMILES string of the molecule is O=C(C=Cc1ccccc1)NCCC(O)c1ccco1. The van der Waals surface area contributed by atoms with Gasteiger partial charge in [-0.1, -0.05) is 30.3 Å². The van der Waals surface area contributed by atoms with Crippen molar-refractivity contribution in [2.45, 2.75) is 12.5 Å². The van der Waals surface area contributed by atoms with Gasteiger partial charge >= 0.3 is 0 Å². The van der Waals surface area contributed by atoms with Crippen LogP contribution in [0.4, 0.5) is 0 Å². The molecule has 0 aliphatic carbocycles. The van der Waals surface area contributed by atoms with Crippen molar-refractivity contribution >= 4 is 12.0 Å². The van der Waals surface area contributed by atoms with Gasteiger partial charge in [-0.15, -0.1) is 0 Å². The highest BCUT2D eigenvalue weighted by Gasteiger charge is 2.09. The maximum Gasteiger partial charge on any atom is 0.244 e. The summed E-state index contributed by atoms with van der Waals surface area (Å²) in [5.74, 6) is 0.333. The van der Waals surface area contributed by atoms with Crippen LogP contribution in [-0.4, -0.2) is 17.6 Å². The minimum atomic E-state index is -0.691. The van der Waals surface area contributed by atoms with Crippen LogP contribution in [0.3, 0.4) is 0 Å². The molecule has 1 aromatic heterocycles. The van der Waals surface area contributed by atoms with Gasteiger partial charge in [0.05, 0.1) is 6.26 Å². The zero-order chi connectivity index (χ0) is 14.2. The number of nitrogens with one attached hydrogen (secondary N) is 1. The second-order valence-corrected chi connectivity index (χ2v) is 4.35. The predicted octanol–water partition coefficient (Wildman–Crippen LogP) is 2.53. The number of rotatable bonds is 6. The summed E-state index contributed by atoms with van der Waals surface area (Å²) in [5, 5.41) is 12.5. The van der Waals surface area contributed by atoms with Gasteiger partial charge in [0, 0.05) is 12.6 Å². The first kappa shape index (κ1) is 14.1. The number of hydrogen-bond acceptors (Lipinski definition) is 3. The van der Waals surface area contributed by atoms with Gasteiger partial charge < -0.3 is 14.8 Å². The van der Waals surface area contributed by atoms with Crippen molar-refractivity contribution in [1.82, 2.24) is 5.32 Å². The Kier molecular flexibility index (Phi) is 5.15. The van der Waals surface area contributed by atoms with E-state index in [0.717, 1.165) is 5.56 Å². The predicted molar refractivity (Wildman–Crippen MR) is 76.8 cm³/mol. The van der Waals surface area contributed by atoms with Crippen LogP contribution in [0.2, 0.25) is 0 Å². The number of aliphatic hydroxyl groups is 1. The third kappa shape index (κ3) is 4.40. The van der Waals surface area contributed by atoms with Gasteiger partial charge in [0.25, 0.3) is 0 Å². The normalized spacial score (nSPS) is 12.4. The molecule has 4 nitrogen and oxygen atoms in total. The second kappa shape index (κ2) is 7.31. The molecule has 2 aromatic rings. The highest BCUT2D eigenvalue weighted by molar-refractivity contribution is 5.91. The lowest BCUT2D eigenvalue weighted by atomic mass is 10.2. The van der Waals surface area contributed by atoms with Crippen molar-refractivity contribution in [3.8, 4) is 0 Å².